The topological polar surface area (TPSA) is 46.2 Å². The normalized spacial score (nSPS) is 30.8. The zero-order valence-electron chi connectivity index (χ0n) is 10.6. The van der Waals surface area contributed by atoms with Gasteiger partial charge in [-0.15, -0.1) is 0 Å². The van der Waals surface area contributed by atoms with Crippen molar-refractivity contribution in [1.82, 2.24) is 4.72 Å². The van der Waals surface area contributed by atoms with Crippen LogP contribution in [-0.2, 0) is 10.0 Å². The summed E-state index contributed by atoms with van der Waals surface area (Å²) < 4.78 is 27.4. The third-order valence-electron chi connectivity index (χ3n) is 4.38. The van der Waals surface area contributed by atoms with Gasteiger partial charge in [0.1, 0.15) is 0 Å². The number of benzene rings is 1. The predicted molar refractivity (Wildman–Crippen MR) is 70.7 cm³/mol. The largest absolute Gasteiger partial charge is 0.240 e. The molecule has 3 atom stereocenters. The zero-order valence-corrected chi connectivity index (χ0v) is 11.4. The fourth-order valence-electron chi connectivity index (χ4n) is 3.37. The van der Waals surface area contributed by atoms with Gasteiger partial charge in [0.15, 0.2) is 0 Å². The highest BCUT2D eigenvalue weighted by Gasteiger charge is 2.41. The quantitative estimate of drug-likeness (QED) is 0.912. The summed E-state index contributed by atoms with van der Waals surface area (Å²) in [4.78, 5) is 0.385. The molecule has 1 N–H and O–H groups in total. The lowest BCUT2D eigenvalue weighted by Crippen LogP contribution is -2.38. The number of fused-ring (bicyclic) bond motifs is 2. The van der Waals surface area contributed by atoms with Crippen LogP contribution in [-0.4, -0.2) is 14.5 Å². The molecule has 0 unspecified atom stereocenters. The van der Waals surface area contributed by atoms with Crippen LogP contribution in [0, 0.1) is 18.8 Å². The van der Waals surface area contributed by atoms with Crippen molar-refractivity contribution in [1.29, 1.82) is 0 Å². The van der Waals surface area contributed by atoms with Gasteiger partial charge < -0.3 is 0 Å². The molecule has 2 aliphatic rings. The molecule has 0 aromatic heterocycles. The van der Waals surface area contributed by atoms with Gasteiger partial charge in [-0.2, -0.15) is 0 Å². The first kappa shape index (κ1) is 12.2. The van der Waals surface area contributed by atoms with Crippen molar-refractivity contribution in [2.24, 2.45) is 11.8 Å². The molecule has 2 fully saturated rings. The Labute approximate surface area is 109 Å². The Kier molecular flexibility index (Phi) is 2.94. The first-order valence-corrected chi connectivity index (χ1v) is 8.12. The number of aryl methyl sites for hydroxylation is 1. The van der Waals surface area contributed by atoms with Crippen molar-refractivity contribution in [3.63, 3.8) is 0 Å². The van der Waals surface area contributed by atoms with Crippen molar-refractivity contribution < 1.29 is 8.42 Å². The number of hydrogen-bond acceptors (Lipinski definition) is 2. The van der Waals surface area contributed by atoms with Crippen LogP contribution < -0.4 is 4.72 Å². The molecule has 1 aromatic carbocycles. The molecule has 1 aromatic rings. The van der Waals surface area contributed by atoms with Gasteiger partial charge in [-0.3, -0.25) is 0 Å². The number of nitrogens with one attached hydrogen (secondary N) is 1. The third kappa shape index (κ3) is 2.19. The summed E-state index contributed by atoms with van der Waals surface area (Å²) >= 11 is 0. The van der Waals surface area contributed by atoms with Gasteiger partial charge in [-0.1, -0.05) is 24.1 Å². The molecule has 2 bridgehead atoms. The zero-order chi connectivity index (χ0) is 12.8. The van der Waals surface area contributed by atoms with E-state index in [0.29, 0.717) is 10.8 Å². The minimum absolute atomic E-state index is 0.162. The minimum atomic E-state index is -3.33. The maximum atomic E-state index is 12.3. The van der Waals surface area contributed by atoms with Crippen LogP contribution in [0.4, 0.5) is 0 Å². The van der Waals surface area contributed by atoms with Crippen molar-refractivity contribution in [3.8, 4) is 0 Å². The standard InChI is InChI=1S/C14H19NO2S/c1-10-2-6-13(7-3-10)18(16,17)15-14-9-11-4-5-12(14)8-11/h2-3,6-7,11-12,14-15H,4-5,8-9H2,1H3/t11-,12-,14+/m1/s1. The molecular weight excluding hydrogens is 246 g/mol. The van der Waals surface area contributed by atoms with Gasteiger partial charge in [-0.25, -0.2) is 13.1 Å². The van der Waals surface area contributed by atoms with Crippen LogP contribution >= 0.6 is 0 Å². The van der Waals surface area contributed by atoms with Crippen molar-refractivity contribution in [2.75, 3.05) is 0 Å². The molecule has 2 saturated carbocycles. The highest BCUT2D eigenvalue weighted by atomic mass is 32.2. The summed E-state index contributed by atoms with van der Waals surface area (Å²) in [6.07, 6.45) is 4.70. The van der Waals surface area contributed by atoms with Crippen molar-refractivity contribution in [2.45, 2.75) is 43.5 Å². The molecule has 98 valence electrons. The summed E-state index contributed by atoms with van der Waals surface area (Å²) in [6.45, 7) is 1.96. The first-order valence-electron chi connectivity index (χ1n) is 6.63. The molecule has 0 heterocycles. The number of rotatable bonds is 3. The van der Waals surface area contributed by atoms with E-state index in [1.807, 2.05) is 19.1 Å². The van der Waals surface area contributed by atoms with Gasteiger partial charge in [0.25, 0.3) is 0 Å². The Morgan fingerprint density at radius 1 is 1.11 bits per heavy atom. The van der Waals surface area contributed by atoms with Crippen LogP contribution in [0.15, 0.2) is 29.2 Å². The average Bonchev–Trinajstić information content (AvgIpc) is 2.91. The van der Waals surface area contributed by atoms with E-state index in [1.54, 1.807) is 12.1 Å². The fourth-order valence-corrected chi connectivity index (χ4v) is 4.69. The van der Waals surface area contributed by atoms with E-state index in [0.717, 1.165) is 17.9 Å². The molecule has 0 radical (unpaired) electrons. The van der Waals surface area contributed by atoms with Crippen LogP contribution in [0.3, 0.4) is 0 Å². The lowest BCUT2D eigenvalue weighted by atomic mass is 9.96. The molecule has 3 rings (SSSR count). The lowest BCUT2D eigenvalue weighted by Gasteiger charge is -2.22. The Balaban J connectivity index is 1.77. The van der Waals surface area contributed by atoms with Gasteiger partial charge in [-0.05, 0) is 50.2 Å². The SMILES string of the molecule is Cc1ccc(S(=O)(=O)N[C@H]2C[C@@H]3CC[C@@H]2C3)cc1. The predicted octanol–water partition coefficient (Wildman–Crippen LogP) is 2.46. The van der Waals surface area contributed by atoms with Gasteiger partial charge in [0, 0.05) is 6.04 Å². The van der Waals surface area contributed by atoms with Gasteiger partial charge >= 0.3 is 0 Å². The van der Waals surface area contributed by atoms with Crippen LogP contribution in [0.1, 0.15) is 31.2 Å². The molecular formula is C14H19NO2S. The molecule has 0 aliphatic heterocycles. The molecule has 0 spiro atoms. The second-order valence-corrected chi connectivity index (χ2v) is 7.43. The van der Waals surface area contributed by atoms with Gasteiger partial charge in [0.2, 0.25) is 10.0 Å². The molecule has 0 amide bonds. The van der Waals surface area contributed by atoms with E-state index in [9.17, 15) is 8.42 Å². The Morgan fingerprint density at radius 2 is 1.83 bits per heavy atom. The minimum Gasteiger partial charge on any atom is -0.208 e. The Hall–Kier alpha value is -0.870. The van der Waals surface area contributed by atoms with Crippen LogP contribution in [0.2, 0.25) is 0 Å². The fraction of sp³-hybridized carbons (Fsp3) is 0.571. The second kappa shape index (κ2) is 4.35. The summed E-state index contributed by atoms with van der Waals surface area (Å²) in [6, 6.07) is 7.22. The Bertz CT molecular complexity index is 535. The van der Waals surface area contributed by atoms with E-state index in [4.69, 9.17) is 0 Å². The maximum Gasteiger partial charge on any atom is 0.240 e. The molecule has 4 heteroatoms. The van der Waals surface area contributed by atoms with E-state index in [1.165, 1.54) is 19.3 Å². The molecule has 0 saturated heterocycles. The van der Waals surface area contributed by atoms with E-state index < -0.39 is 10.0 Å². The van der Waals surface area contributed by atoms with Crippen LogP contribution in [0.5, 0.6) is 0 Å². The van der Waals surface area contributed by atoms with Crippen molar-refractivity contribution >= 4 is 10.0 Å². The number of sulfonamides is 1. The number of hydrogen-bond donors (Lipinski definition) is 1. The summed E-state index contributed by atoms with van der Waals surface area (Å²) in [5.74, 6) is 1.32. The molecule has 18 heavy (non-hydrogen) atoms. The Morgan fingerprint density at radius 3 is 2.39 bits per heavy atom. The van der Waals surface area contributed by atoms with Crippen molar-refractivity contribution in [3.05, 3.63) is 29.8 Å². The maximum absolute atomic E-state index is 12.3. The lowest BCUT2D eigenvalue weighted by molar-refractivity contribution is 0.390. The molecule has 2 aliphatic carbocycles. The highest BCUT2D eigenvalue weighted by Crippen LogP contribution is 2.44. The van der Waals surface area contributed by atoms with Gasteiger partial charge in [0.05, 0.1) is 4.90 Å². The summed E-state index contributed by atoms with van der Waals surface area (Å²) in [5, 5.41) is 0. The third-order valence-corrected chi connectivity index (χ3v) is 5.88. The second-order valence-electron chi connectivity index (χ2n) is 5.72. The highest BCUT2D eigenvalue weighted by molar-refractivity contribution is 7.89. The summed E-state index contributed by atoms with van der Waals surface area (Å²) in [7, 11) is -3.33. The average molecular weight is 265 g/mol. The summed E-state index contributed by atoms with van der Waals surface area (Å²) in [5.41, 5.74) is 1.08. The van der Waals surface area contributed by atoms with E-state index in [2.05, 4.69) is 4.72 Å². The van der Waals surface area contributed by atoms with Crippen LogP contribution in [0.25, 0.3) is 0 Å². The van der Waals surface area contributed by atoms with E-state index >= 15 is 0 Å². The van der Waals surface area contributed by atoms with E-state index in [-0.39, 0.29) is 6.04 Å². The first-order chi connectivity index (χ1) is 8.54. The molecule has 3 nitrogen and oxygen atoms in total. The monoisotopic (exact) mass is 265 g/mol. The smallest absolute Gasteiger partial charge is 0.208 e.